The van der Waals surface area contributed by atoms with E-state index < -0.39 is 0 Å². The summed E-state index contributed by atoms with van der Waals surface area (Å²) < 4.78 is 18.5. The molecule has 0 aliphatic heterocycles. The molecule has 0 unspecified atom stereocenters. The van der Waals surface area contributed by atoms with Crippen molar-refractivity contribution >= 4 is 28.8 Å². The van der Waals surface area contributed by atoms with E-state index >= 15 is 0 Å². The standard InChI is InChI=1S/C17H12ClFN2O2S/c18-14-7-9-24-15(14)10-21-16(22)13-2-1-8-20-17(13)23-12-5-3-11(19)4-6-12/h1-9H,10H2,(H,21,22). The van der Waals surface area contributed by atoms with E-state index in [1.165, 1.54) is 41.8 Å². The Hall–Kier alpha value is -2.44. The van der Waals surface area contributed by atoms with Gasteiger partial charge in [0.25, 0.3) is 5.91 Å². The molecule has 0 aliphatic carbocycles. The zero-order chi connectivity index (χ0) is 16.9. The Morgan fingerprint density at radius 3 is 2.75 bits per heavy atom. The predicted octanol–water partition coefficient (Wildman–Crippen LogP) is 4.66. The Morgan fingerprint density at radius 1 is 1.25 bits per heavy atom. The average molecular weight is 363 g/mol. The molecule has 1 aromatic carbocycles. The third-order valence-corrected chi connectivity index (χ3v) is 4.53. The van der Waals surface area contributed by atoms with Gasteiger partial charge in [-0.3, -0.25) is 4.79 Å². The van der Waals surface area contributed by atoms with Crippen LogP contribution < -0.4 is 10.1 Å². The van der Waals surface area contributed by atoms with Gasteiger partial charge in [-0.1, -0.05) is 11.6 Å². The van der Waals surface area contributed by atoms with Gasteiger partial charge in [0.2, 0.25) is 5.88 Å². The molecular formula is C17H12ClFN2O2S. The van der Waals surface area contributed by atoms with E-state index in [4.69, 9.17) is 16.3 Å². The van der Waals surface area contributed by atoms with Crippen molar-refractivity contribution in [2.75, 3.05) is 0 Å². The van der Waals surface area contributed by atoms with Crippen LogP contribution in [-0.4, -0.2) is 10.9 Å². The maximum atomic E-state index is 13.0. The highest BCUT2D eigenvalue weighted by Gasteiger charge is 2.15. The second-order valence-electron chi connectivity index (χ2n) is 4.79. The first-order valence-electron chi connectivity index (χ1n) is 7.02. The number of pyridine rings is 1. The quantitative estimate of drug-likeness (QED) is 0.718. The van der Waals surface area contributed by atoms with Gasteiger partial charge in [0.05, 0.1) is 11.6 Å². The van der Waals surface area contributed by atoms with Crippen LogP contribution in [0, 0.1) is 5.82 Å². The molecule has 3 rings (SSSR count). The molecule has 3 aromatic rings. The Bertz CT molecular complexity index is 852. The Labute approximate surface area is 146 Å². The van der Waals surface area contributed by atoms with Crippen molar-refractivity contribution in [2.24, 2.45) is 0 Å². The third-order valence-electron chi connectivity index (χ3n) is 3.14. The van der Waals surface area contributed by atoms with Crippen LogP contribution in [0.5, 0.6) is 11.6 Å². The van der Waals surface area contributed by atoms with Crippen LogP contribution in [0.3, 0.4) is 0 Å². The number of nitrogens with one attached hydrogen (secondary N) is 1. The summed E-state index contributed by atoms with van der Waals surface area (Å²) >= 11 is 7.48. The van der Waals surface area contributed by atoms with Crippen molar-refractivity contribution in [3.8, 4) is 11.6 Å². The summed E-state index contributed by atoms with van der Waals surface area (Å²) in [6, 6.07) is 10.5. The van der Waals surface area contributed by atoms with E-state index in [0.29, 0.717) is 17.3 Å². The number of ether oxygens (including phenoxy) is 1. The van der Waals surface area contributed by atoms with Gasteiger partial charge >= 0.3 is 0 Å². The highest BCUT2D eigenvalue weighted by atomic mass is 35.5. The lowest BCUT2D eigenvalue weighted by Gasteiger charge is -2.10. The Morgan fingerprint density at radius 2 is 2.04 bits per heavy atom. The van der Waals surface area contributed by atoms with E-state index in [9.17, 15) is 9.18 Å². The van der Waals surface area contributed by atoms with E-state index in [0.717, 1.165) is 4.88 Å². The molecule has 2 heterocycles. The van der Waals surface area contributed by atoms with Crippen LogP contribution >= 0.6 is 22.9 Å². The fourth-order valence-corrected chi connectivity index (χ4v) is 3.01. The minimum absolute atomic E-state index is 0.152. The molecule has 1 N–H and O–H groups in total. The Balaban J connectivity index is 1.74. The molecule has 0 atom stereocenters. The lowest BCUT2D eigenvalue weighted by atomic mass is 10.2. The summed E-state index contributed by atoms with van der Waals surface area (Å²) in [6.07, 6.45) is 1.52. The summed E-state index contributed by atoms with van der Waals surface area (Å²) in [5.74, 6) is -0.150. The lowest BCUT2D eigenvalue weighted by molar-refractivity contribution is 0.0948. The highest BCUT2D eigenvalue weighted by molar-refractivity contribution is 7.10. The molecule has 0 aliphatic rings. The number of halogens is 2. The fraction of sp³-hybridized carbons (Fsp3) is 0.0588. The SMILES string of the molecule is O=C(NCc1sccc1Cl)c1cccnc1Oc1ccc(F)cc1. The molecule has 4 nitrogen and oxygen atoms in total. The molecule has 0 fully saturated rings. The number of thiophene rings is 1. The van der Waals surface area contributed by atoms with E-state index in [1.54, 1.807) is 18.2 Å². The molecule has 122 valence electrons. The number of hydrogen-bond donors (Lipinski definition) is 1. The molecule has 24 heavy (non-hydrogen) atoms. The normalized spacial score (nSPS) is 10.4. The maximum Gasteiger partial charge on any atom is 0.257 e. The third kappa shape index (κ3) is 3.90. The summed E-state index contributed by atoms with van der Waals surface area (Å²) in [5.41, 5.74) is 0.287. The summed E-state index contributed by atoms with van der Waals surface area (Å²) in [6.45, 7) is 0.320. The monoisotopic (exact) mass is 362 g/mol. The molecule has 0 bridgehead atoms. The first-order chi connectivity index (χ1) is 11.6. The topological polar surface area (TPSA) is 51.2 Å². The molecule has 7 heteroatoms. The van der Waals surface area contributed by atoms with Crippen LogP contribution in [0.2, 0.25) is 5.02 Å². The van der Waals surface area contributed by atoms with Gasteiger partial charge in [0.1, 0.15) is 17.1 Å². The van der Waals surface area contributed by atoms with Crippen molar-refractivity contribution in [1.82, 2.24) is 10.3 Å². The molecule has 0 saturated heterocycles. The molecule has 1 amide bonds. The second-order valence-corrected chi connectivity index (χ2v) is 6.19. The lowest BCUT2D eigenvalue weighted by Crippen LogP contribution is -2.23. The summed E-state index contributed by atoms with van der Waals surface area (Å²) in [5, 5.41) is 5.26. The minimum Gasteiger partial charge on any atom is -0.438 e. The van der Waals surface area contributed by atoms with Crippen molar-refractivity contribution < 1.29 is 13.9 Å². The first kappa shape index (κ1) is 16.4. The van der Waals surface area contributed by atoms with Gasteiger partial charge in [0.15, 0.2) is 0 Å². The van der Waals surface area contributed by atoms with E-state index in [2.05, 4.69) is 10.3 Å². The molecule has 0 saturated carbocycles. The number of rotatable bonds is 5. The molecule has 0 spiro atoms. The number of hydrogen-bond acceptors (Lipinski definition) is 4. The van der Waals surface area contributed by atoms with Crippen LogP contribution in [0.15, 0.2) is 54.0 Å². The number of nitrogens with zero attached hydrogens (tertiary/aromatic N) is 1. The predicted molar refractivity (Wildman–Crippen MR) is 91.2 cm³/mol. The number of carbonyl (C=O) groups is 1. The van der Waals surface area contributed by atoms with Gasteiger partial charge in [-0.25, -0.2) is 9.37 Å². The molecule has 0 radical (unpaired) electrons. The number of amides is 1. The Kier molecular flexibility index (Phi) is 5.08. The van der Waals surface area contributed by atoms with Gasteiger partial charge < -0.3 is 10.1 Å². The minimum atomic E-state index is -0.367. The average Bonchev–Trinajstić information content (AvgIpc) is 3.00. The summed E-state index contributed by atoms with van der Waals surface area (Å²) in [7, 11) is 0. The zero-order valence-electron chi connectivity index (χ0n) is 12.3. The van der Waals surface area contributed by atoms with Crippen LogP contribution in [0.4, 0.5) is 4.39 Å². The number of aromatic nitrogens is 1. The highest BCUT2D eigenvalue weighted by Crippen LogP contribution is 2.24. The number of carbonyl (C=O) groups excluding carboxylic acids is 1. The van der Waals surface area contributed by atoms with Crippen LogP contribution in [-0.2, 0) is 6.54 Å². The van der Waals surface area contributed by atoms with Crippen molar-refractivity contribution in [3.05, 3.63) is 75.3 Å². The number of benzene rings is 1. The van der Waals surface area contributed by atoms with Gasteiger partial charge in [-0.05, 0) is 47.8 Å². The van der Waals surface area contributed by atoms with Crippen LogP contribution in [0.1, 0.15) is 15.2 Å². The maximum absolute atomic E-state index is 13.0. The van der Waals surface area contributed by atoms with Crippen LogP contribution in [0.25, 0.3) is 0 Å². The summed E-state index contributed by atoms with van der Waals surface area (Å²) in [4.78, 5) is 17.3. The molecular weight excluding hydrogens is 351 g/mol. The van der Waals surface area contributed by atoms with Gasteiger partial charge in [-0.15, -0.1) is 11.3 Å². The smallest absolute Gasteiger partial charge is 0.257 e. The van der Waals surface area contributed by atoms with E-state index in [-0.39, 0.29) is 23.2 Å². The van der Waals surface area contributed by atoms with Crippen molar-refractivity contribution in [2.45, 2.75) is 6.54 Å². The largest absolute Gasteiger partial charge is 0.438 e. The fourth-order valence-electron chi connectivity index (χ4n) is 1.97. The van der Waals surface area contributed by atoms with Gasteiger partial charge in [-0.2, -0.15) is 0 Å². The first-order valence-corrected chi connectivity index (χ1v) is 8.28. The van der Waals surface area contributed by atoms with Crippen molar-refractivity contribution in [1.29, 1.82) is 0 Å². The second kappa shape index (κ2) is 7.42. The molecule has 2 aromatic heterocycles. The van der Waals surface area contributed by atoms with Crippen molar-refractivity contribution in [3.63, 3.8) is 0 Å². The zero-order valence-corrected chi connectivity index (χ0v) is 13.9. The van der Waals surface area contributed by atoms with E-state index in [1.807, 2.05) is 5.38 Å². The van der Waals surface area contributed by atoms with Gasteiger partial charge in [0, 0.05) is 11.1 Å².